The van der Waals surface area contributed by atoms with Gasteiger partial charge in [-0.15, -0.1) is 0 Å². The molecule has 1 saturated heterocycles. The molecule has 0 saturated carbocycles. The zero-order valence-corrected chi connectivity index (χ0v) is 9.03. The van der Waals surface area contributed by atoms with Crippen molar-refractivity contribution in [1.82, 2.24) is 5.32 Å². The van der Waals surface area contributed by atoms with Crippen LogP contribution in [0.5, 0.6) is 0 Å². The Morgan fingerprint density at radius 2 is 2.43 bits per heavy atom. The van der Waals surface area contributed by atoms with Crippen molar-refractivity contribution >= 4 is 0 Å². The Hall–Kier alpha value is -0.160. The summed E-state index contributed by atoms with van der Waals surface area (Å²) in [7, 11) is 1.59. The van der Waals surface area contributed by atoms with E-state index in [-0.39, 0.29) is 0 Å². The number of rotatable bonds is 6. The second kappa shape index (κ2) is 6.35. The average molecular weight is 203 g/mol. The van der Waals surface area contributed by atoms with Crippen LogP contribution in [0.15, 0.2) is 0 Å². The van der Waals surface area contributed by atoms with Gasteiger partial charge in [-0.25, -0.2) is 0 Å². The van der Waals surface area contributed by atoms with Gasteiger partial charge in [-0.2, -0.15) is 0 Å². The minimum atomic E-state index is -0.412. The van der Waals surface area contributed by atoms with Crippen molar-refractivity contribution in [2.24, 2.45) is 5.92 Å². The van der Waals surface area contributed by atoms with Crippen molar-refractivity contribution in [2.75, 3.05) is 33.5 Å². The number of nitrogens with one attached hydrogen (secondary N) is 1. The zero-order chi connectivity index (χ0) is 10.4. The third kappa shape index (κ3) is 3.92. The van der Waals surface area contributed by atoms with Gasteiger partial charge in [0.25, 0.3) is 0 Å². The third-order valence-electron chi connectivity index (χ3n) is 2.71. The average Bonchev–Trinajstić information content (AvgIpc) is 2.67. The topological polar surface area (TPSA) is 50.7 Å². The Balaban J connectivity index is 2.10. The highest BCUT2D eigenvalue weighted by Gasteiger charge is 2.22. The maximum Gasteiger partial charge on any atom is 0.0897 e. The molecule has 0 aromatic carbocycles. The lowest BCUT2D eigenvalue weighted by atomic mass is 10.0. The fourth-order valence-electron chi connectivity index (χ4n) is 1.69. The molecule has 14 heavy (non-hydrogen) atoms. The highest BCUT2D eigenvalue weighted by atomic mass is 16.5. The minimum absolute atomic E-state index is 0.390. The van der Waals surface area contributed by atoms with E-state index < -0.39 is 6.10 Å². The van der Waals surface area contributed by atoms with E-state index in [0.29, 0.717) is 25.1 Å². The van der Waals surface area contributed by atoms with Crippen LogP contribution in [0.1, 0.15) is 13.3 Å². The second-order valence-corrected chi connectivity index (χ2v) is 3.93. The molecule has 0 radical (unpaired) electrons. The van der Waals surface area contributed by atoms with Gasteiger partial charge >= 0.3 is 0 Å². The molecule has 0 bridgehead atoms. The van der Waals surface area contributed by atoms with Crippen LogP contribution in [0.2, 0.25) is 0 Å². The number of hydrogen-bond acceptors (Lipinski definition) is 4. The quantitative estimate of drug-likeness (QED) is 0.638. The van der Waals surface area contributed by atoms with E-state index in [1.807, 2.05) is 0 Å². The number of hydrogen-bond donors (Lipinski definition) is 2. The van der Waals surface area contributed by atoms with Crippen molar-refractivity contribution in [2.45, 2.75) is 25.5 Å². The molecule has 4 nitrogen and oxygen atoms in total. The molecule has 1 rings (SSSR count). The van der Waals surface area contributed by atoms with Crippen molar-refractivity contribution < 1.29 is 14.6 Å². The molecular formula is C10H21NO3. The molecule has 84 valence electrons. The second-order valence-electron chi connectivity index (χ2n) is 3.93. The molecule has 3 atom stereocenters. The summed E-state index contributed by atoms with van der Waals surface area (Å²) in [6.07, 6.45) is 0.707. The number of aliphatic hydroxyl groups is 1. The lowest BCUT2D eigenvalue weighted by Gasteiger charge is -2.21. The van der Waals surface area contributed by atoms with E-state index in [9.17, 15) is 5.11 Å². The first-order valence-electron chi connectivity index (χ1n) is 5.22. The summed E-state index contributed by atoms with van der Waals surface area (Å²) in [5.74, 6) is 0.588. The first-order chi connectivity index (χ1) is 6.74. The first kappa shape index (κ1) is 11.9. The van der Waals surface area contributed by atoms with Gasteiger partial charge in [0.05, 0.1) is 19.3 Å². The van der Waals surface area contributed by atoms with Crippen LogP contribution in [0, 0.1) is 5.92 Å². The molecule has 3 unspecified atom stereocenters. The standard InChI is InChI=1S/C10H21NO3/c1-8(9-3-4-14-6-9)11-5-10(12)7-13-2/h8-12H,3-7H2,1-2H3. The zero-order valence-electron chi connectivity index (χ0n) is 9.03. The number of ether oxygens (including phenoxy) is 2. The maximum absolute atomic E-state index is 9.42. The highest BCUT2D eigenvalue weighted by molar-refractivity contribution is 4.76. The molecule has 4 heteroatoms. The Kier molecular flexibility index (Phi) is 5.40. The third-order valence-corrected chi connectivity index (χ3v) is 2.71. The molecule has 1 heterocycles. The molecule has 0 aromatic rings. The Morgan fingerprint density at radius 1 is 1.64 bits per heavy atom. The summed E-state index contributed by atoms with van der Waals surface area (Å²) in [6, 6.07) is 0.406. The molecule has 0 spiro atoms. The fraction of sp³-hybridized carbons (Fsp3) is 1.00. The van der Waals surface area contributed by atoms with Crippen LogP contribution in [0.4, 0.5) is 0 Å². The van der Waals surface area contributed by atoms with E-state index in [0.717, 1.165) is 19.6 Å². The van der Waals surface area contributed by atoms with Gasteiger partial charge in [0, 0.05) is 26.3 Å². The van der Waals surface area contributed by atoms with Crippen molar-refractivity contribution in [3.8, 4) is 0 Å². The Bertz CT molecular complexity index is 148. The first-order valence-corrected chi connectivity index (χ1v) is 5.22. The van der Waals surface area contributed by atoms with E-state index >= 15 is 0 Å². The molecular weight excluding hydrogens is 182 g/mol. The van der Waals surface area contributed by atoms with Gasteiger partial charge in [0.2, 0.25) is 0 Å². The van der Waals surface area contributed by atoms with Gasteiger partial charge < -0.3 is 19.9 Å². The summed E-state index contributed by atoms with van der Waals surface area (Å²) in [5, 5.41) is 12.7. The van der Waals surface area contributed by atoms with Crippen molar-refractivity contribution in [3.63, 3.8) is 0 Å². The maximum atomic E-state index is 9.42. The van der Waals surface area contributed by atoms with E-state index in [2.05, 4.69) is 12.2 Å². The molecule has 2 N–H and O–H groups in total. The fourth-order valence-corrected chi connectivity index (χ4v) is 1.69. The van der Waals surface area contributed by atoms with E-state index in [1.165, 1.54) is 0 Å². The summed E-state index contributed by atoms with van der Waals surface area (Å²) < 4.78 is 10.2. The van der Waals surface area contributed by atoms with Crippen LogP contribution in [-0.2, 0) is 9.47 Å². The van der Waals surface area contributed by atoms with E-state index in [1.54, 1.807) is 7.11 Å². The molecule has 1 fully saturated rings. The molecule has 1 aliphatic rings. The largest absolute Gasteiger partial charge is 0.389 e. The summed E-state index contributed by atoms with van der Waals surface area (Å²) >= 11 is 0. The number of aliphatic hydroxyl groups excluding tert-OH is 1. The lowest BCUT2D eigenvalue weighted by Crippen LogP contribution is -2.40. The van der Waals surface area contributed by atoms with Crippen molar-refractivity contribution in [3.05, 3.63) is 0 Å². The van der Waals surface area contributed by atoms with Crippen LogP contribution in [0.25, 0.3) is 0 Å². The van der Waals surface area contributed by atoms with Gasteiger partial charge in [0.1, 0.15) is 0 Å². The predicted molar refractivity (Wildman–Crippen MR) is 54.3 cm³/mol. The van der Waals surface area contributed by atoms with Crippen molar-refractivity contribution in [1.29, 1.82) is 0 Å². The van der Waals surface area contributed by atoms with Gasteiger partial charge in [-0.1, -0.05) is 0 Å². The Labute approximate surface area is 85.6 Å². The van der Waals surface area contributed by atoms with Crippen LogP contribution >= 0.6 is 0 Å². The SMILES string of the molecule is COCC(O)CNC(C)C1CCOC1. The smallest absolute Gasteiger partial charge is 0.0897 e. The van der Waals surface area contributed by atoms with Crippen LogP contribution in [-0.4, -0.2) is 50.7 Å². The Morgan fingerprint density at radius 3 is 3.00 bits per heavy atom. The van der Waals surface area contributed by atoms with Gasteiger partial charge in [0.15, 0.2) is 0 Å². The predicted octanol–water partition coefficient (Wildman–Crippen LogP) is 0.00830. The van der Waals surface area contributed by atoms with Crippen LogP contribution < -0.4 is 5.32 Å². The monoisotopic (exact) mass is 203 g/mol. The van der Waals surface area contributed by atoms with E-state index in [4.69, 9.17) is 9.47 Å². The molecule has 0 aliphatic carbocycles. The number of methoxy groups -OCH3 is 1. The highest BCUT2D eigenvalue weighted by Crippen LogP contribution is 2.16. The summed E-state index contributed by atoms with van der Waals surface area (Å²) in [6.45, 7) is 4.83. The molecule has 0 aromatic heterocycles. The summed E-state index contributed by atoms with van der Waals surface area (Å²) in [5.41, 5.74) is 0. The molecule has 0 amide bonds. The van der Waals surface area contributed by atoms with Crippen LogP contribution in [0.3, 0.4) is 0 Å². The molecule has 1 aliphatic heterocycles. The normalized spacial score (nSPS) is 26.4. The lowest BCUT2D eigenvalue weighted by molar-refractivity contribution is 0.0613. The van der Waals surface area contributed by atoms with Gasteiger partial charge in [-0.05, 0) is 19.3 Å². The van der Waals surface area contributed by atoms with Gasteiger partial charge in [-0.3, -0.25) is 0 Å². The summed E-state index contributed by atoms with van der Waals surface area (Å²) in [4.78, 5) is 0. The minimum Gasteiger partial charge on any atom is -0.389 e.